The van der Waals surface area contributed by atoms with E-state index in [-0.39, 0.29) is 12.5 Å². The van der Waals surface area contributed by atoms with Crippen LogP contribution in [0.2, 0.25) is 0 Å². The molecule has 0 rings (SSSR count). The lowest BCUT2D eigenvalue weighted by Crippen LogP contribution is -2.39. The van der Waals surface area contributed by atoms with Crippen molar-refractivity contribution >= 4 is 15.9 Å². The average Bonchev–Trinajstić information content (AvgIpc) is 2.54. The van der Waals surface area contributed by atoms with Crippen LogP contribution in [-0.2, 0) is 14.9 Å². The molecule has 0 aromatic carbocycles. The van der Waals surface area contributed by atoms with Crippen LogP contribution in [0.1, 0.15) is 97.3 Å². The van der Waals surface area contributed by atoms with Gasteiger partial charge in [0.1, 0.15) is 0 Å². The van der Waals surface area contributed by atoms with Crippen LogP contribution in [-0.4, -0.2) is 30.5 Å². The zero-order valence-electron chi connectivity index (χ0n) is 16.2. The molecule has 0 fully saturated rings. The van der Waals surface area contributed by atoms with Crippen molar-refractivity contribution in [2.75, 3.05) is 6.54 Å². The van der Waals surface area contributed by atoms with Gasteiger partial charge in [-0.05, 0) is 6.42 Å². The predicted octanol–water partition coefficient (Wildman–Crippen LogP) is 4.50. The Morgan fingerprint density at radius 3 is 1.64 bits per heavy atom. The van der Waals surface area contributed by atoms with E-state index in [1.807, 2.05) is 0 Å². The number of unbranched alkanes of at least 4 members (excludes halogenated alkanes) is 11. The Morgan fingerprint density at radius 1 is 0.880 bits per heavy atom. The number of nitrogens with two attached hydrogens (primary N) is 1. The summed E-state index contributed by atoms with van der Waals surface area (Å²) in [4.78, 5) is 12.0. The summed E-state index contributed by atoms with van der Waals surface area (Å²) in [6.07, 6.45) is 15.7. The lowest BCUT2D eigenvalue weighted by molar-refractivity contribution is -0.122. The van der Waals surface area contributed by atoms with Crippen molar-refractivity contribution in [2.45, 2.75) is 103 Å². The molecular weight excluding hydrogens is 338 g/mol. The highest BCUT2D eigenvalue weighted by molar-refractivity contribution is 7.87. The summed E-state index contributed by atoms with van der Waals surface area (Å²) in [6.45, 7) is 3.59. The van der Waals surface area contributed by atoms with Crippen molar-refractivity contribution in [1.29, 1.82) is 0 Å². The molecule has 0 aromatic heterocycles. The molecule has 2 unspecified atom stereocenters. The number of hydrogen-bond acceptors (Lipinski definition) is 4. The summed E-state index contributed by atoms with van der Waals surface area (Å²) >= 11 is 0. The van der Waals surface area contributed by atoms with E-state index in [9.17, 15) is 13.2 Å². The highest BCUT2D eigenvalue weighted by Gasteiger charge is 2.32. The van der Waals surface area contributed by atoms with E-state index in [1.165, 1.54) is 57.8 Å². The zero-order valence-corrected chi connectivity index (χ0v) is 17.0. The molecule has 0 aliphatic heterocycles. The fraction of sp³-hybridized carbons (Fsp3) is 0.947. The number of rotatable bonds is 17. The lowest BCUT2D eigenvalue weighted by atomic mass is 9.96. The molecule has 0 aliphatic carbocycles. The van der Waals surface area contributed by atoms with Crippen LogP contribution in [0.5, 0.6) is 0 Å². The fourth-order valence-electron chi connectivity index (χ4n) is 3.14. The molecule has 2 atom stereocenters. The Hall–Kier alpha value is -0.460. The molecule has 0 saturated carbocycles. The van der Waals surface area contributed by atoms with Crippen LogP contribution >= 0.6 is 0 Å². The normalized spacial score (nSPS) is 14.4. The Bertz CT molecular complexity index is 437. The number of ketones is 1. The topological polar surface area (TPSA) is 97.5 Å². The minimum atomic E-state index is -4.39. The minimum absolute atomic E-state index is 0.361. The quantitative estimate of drug-likeness (QED) is 0.287. The molecule has 3 N–H and O–H groups in total. The summed E-state index contributed by atoms with van der Waals surface area (Å²) in [5.74, 6) is -0.841. The summed E-state index contributed by atoms with van der Waals surface area (Å²) in [6, 6.07) is 0. The molecule has 0 amide bonds. The van der Waals surface area contributed by atoms with Gasteiger partial charge in [-0.25, -0.2) is 0 Å². The summed E-state index contributed by atoms with van der Waals surface area (Å²) in [7, 11) is -4.39. The number of Topliss-reactive ketones (excluding diaryl/α,β-unsaturated/α-hetero) is 1. The first kappa shape index (κ1) is 24.5. The first-order valence-electron chi connectivity index (χ1n) is 10.0. The van der Waals surface area contributed by atoms with Gasteiger partial charge in [-0.2, -0.15) is 8.42 Å². The molecule has 0 heterocycles. The van der Waals surface area contributed by atoms with Crippen molar-refractivity contribution in [3.05, 3.63) is 0 Å². The maximum Gasteiger partial charge on any atom is 0.276 e. The van der Waals surface area contributed by atoms with Crippen LogP contribution in [0.15, 0.2) is 0 Å². The van der Waals surface area contributed by atoms with E-state index < -0.39 is 21.2 Å². The molecule has 6 heteroatoms. The molecule has 0 saturated heterocycles. The van der Waals surface area contributed by atoms with Crippen molar-refractivity contribution in [3.8, 4) is 0 Å². The highest BCUT2D eigenvalue weighted by Crippen LogP contribution is 2.17. The van der Waals surface area contributed by atoms with Gasteiger partial charge in [0.2, 0.25) is 0 Å². The Labute approximate surface area is 154 Å². The van der Waals surface area contributed by atoms with Gasteiger partial charge in [-0.15, -0.1) is 0 Å². The second kappa shape index (κ2) is 14.7. The van der Waals surface area contributed by atoms with Crippen molar-refractivity contribution < 1.29 is 17.8 Å². The Kier molecular flexibility index (Phi) is 14.4. The van der Waals surface area contributed by atoms with Gasteiger partial charge < -0.3 is 5.73 Å². The van der Waals surface area contributed by atoms with Gasteiger partial charge in [0.15, 0.2) is 11.0 Å². The standard InChI is InChI=1S/C19H39NO4S/c1-3-4-5-6-7-8-9-10-11-12-13-14-15-17(2)19(21)18(16-20)25(22,23)24/h17-18H,3-16,20H2,1-2H3,(H,22,23,24). The smallest absolute Gasteiger partial charge is 0.276 e. The summed E-state index contributed by atoms with van der Waals surface area (Å²) in [5, 5.41) is -1.47. The number of hydrogen-bond donors (Lipinski definition) is 2. The second-order valence-corrected chi connectivity index (χ2v) is 8.82. The zero-order chi connectivity index (χ0) is 19.1. The molecule has 0 aromatic rings. The van der Waals surface area contributed by atoms with Crippen molar-refractivity contribution in [1.82, 2.24) is 0 Å². The number of carbonyl (C=O) groups excluding carboxylic acids is 1. The van der Waals surface area contributed by atoms with Gasteiger partial charge in [0.25, 0.3) is 10.1 Å². The molecule has 5 nitrogen and oxygen atoms in total. The Morgan fingerprint density at radius 2 is 1.28 bits per heavy atom. The van der Waals surface area contributed by atoms with Gasteiger partial charge in [-0.1, -0.05) is 90.9 Å². The SMILES string of the molecule is CCCCCCCCCCCCCCC(C)C(=O)C(CN)S(=O)(=O)O. The van der Waals surface area contributed by atoms with Crippen LogP contribution in [0.3, 0.4) is 0 Å². The summed E-state index contributed by atoms with van der Waals surface area (Å²) < 4.78 is 31.3. The number of carbonyl (C=O) groups is 1. The van der Waals surface area contributed by atoms with E-state index in [0.29, 0.717) is 6.42 Å². The predicted molar refractivity (Wildman–Crippen MR) is 104 cm³/mol. The van der Waals surface area contributed by atoms with Gasteiger partial charge in [-0.3, -0.25) is 9.35 Å². The van der Waals surface area contributed by atoms with Crippen LogP contribution in [0.25, 0.3) is 0 Å². The monoisotopic (exact) mass is 377 g/mol. The van der Waals surface area contributed by atoms with Gasteiger partial charge >= 0.3 is 0 Å². The maximum atomic E-state index is 12.0. The first-order valence-corrected chi connectivity index (χ1v) is 11.5. The molecule has 0 radical (unpaired) electrons. The highest BCUT2D eigenvalue weighted by atomic mass is 32.2. The van der Waals surface area contributed by atoms with E-state index in [4.69, 9.17) is 10.3 Å². The van der Waals surface area contributed by atoms with Gasteiger partial charge in [0, 0.05) is 12.5 Å². The molecule has 150 valence electrons. The van der Waals surface area contributed by atoms with E-state index in [1.54, 1.807) is 6.92 Å². The van der Waals surface area contributed by atoms with Crippen LogP contribution in [0.4, 0.5) is 0 Å². The minimum Gasteiger partial charge on any atom is -0.329 e. The second-order valence-electron chi connectivity index (χ2n) is 7.22. The van der Waals surface area contributed by atoms with E-state index in [2.05, 4.69) is 6.92 Å². The lowest BCUT2D eigenvalue weighted by Gasteiger charge is -2.16. The fourth-order valence-corrected chi connectivity index (χ4v) is 3.90. The van der Waals surface area contributed by atoms with E-state index in [0.717, 1.165) is 19.3 Å². The third-order valence-electron chi connectivity index (χ3n) is 4.87. The molecule has 0 aliphatic rings. The largest absolute Gasteiger partial charge is 0.329 e. The molecule has 0 bridgehead atoms. The van der Waals surface area contributed by atoms with Crippen molar-refractivity contribution in [3.63, 3.8) is 0 Å². The Balaban J connectivity index is 3.63. The maximum absolute atomic E-state index is 12.0. The van der Waals surface area contributed by atoms with Gasteiger partial charge in [0.05, 0.1) is 0 Å². The molecule has 0 spiro atoms. The average molecular weight is 378 g/mol. The third kappa shape index (κ3) is 12.5. The van der Waals surface area contributed by atoms with Crippen LogP contribution < -0.4 is 5.73 Å². The third-order valence-corrected chi connectivity index (χ3v) is 6.01. The molecule has 25 heavy (non-hydrogen) atoms. The first-order chi connectivity index (χ1) is 11.8. The molecular formula is C19H39NO4S. The van der Waals surface area contributed by atoms with Crippen LogP contribution in [0, 0.1) is 5.92 Å². The summed E-state index contributed by atoms with van der Waals surface area (Å²) in [5.41, 5.74) is 5.31. The van der Waals surface area contributed by atoms with Crippen molar-refractivity contribution in [2.24, 2.45) is 11.7 Å². The van der Waals surface area contributed by atoms with E-state index >= 15 is 0 Å².